The van der Waals surface area contributed by atoms with Crippen LogP contribution in [0.2, 0.25) is 0 Å². The molecule has 3 nitrogen and oxygen atoms in total. The van der Waals surface area contributed by atoms with Crippen molar-refractivity contribution in [2.45, 2.75) is 39.0 Å². The van der Waals surface area contributed by atoms with Crippen LogP contribution in [-0.4, -0.2) is 41.8 Å². The van der Waals surface area contributed by atoms with Gasteiger partial charge in [0.05, 0.1) is 5.60 Å². The highest BCUT2D eigenvalue weighted by Gasteiger charge is 2.22. The van der Waals surface area contributed by atoms with E-state index in [0.29, 0.717) is 19.1 Å². The van der Waals surface area contributed by atoms with Crippen LogP contribution in [0, 0.1) is 0 Å². The third kappa shape index (κ3) is 6.17. The summed E-state index contributed by atoms with van der Waals surface area (Å²) < 4.78 is 0. The fourth-order valence-corrected chi connectivity index (χ4v) is 2.47. The molecule has 1 aromatic rings. The predicted octanol–water partition coefficient (Wildman–Crippen LogP) is 1.93. The number of nitrogens with zero attached hydrogens (tertiary/aromatic N) is 1. The molecule has 17 heavy (non-hydrogen) atoms. The highest BCUT2D eigenvalue weighted by molar-refractivity contribution is 7.07. The molecule has 0 radical (unpaired) electrons. The molecule has 0 bridgehead atoms. The Labute approximate surface area is 108 Å². The van der Waals surface area contributed by atoms with E-state index in [1.54, 1.807) is 11.3 Å². The van der Waals surface area contributed by atoms with Crippen molar-refractivity contribution in [2.75, 3.05) is 20.1 Å². The lowest BCUT2D eigenvalue weighted by Crippen LogP contribution is -2.47. The number of rotatable bonds is 7. The van der Waals surface area contributed by atoms with Gasteiger partial charge in [-0.15, -0.1) is 0 Å². The van der Waals surface area contributed by atoms with Gasteiger partial charge in [0.2, 0.25) is 0 Å². The van der Waals surface area contributed by atoms with E-state index in [1.165, 1.54) is 5.56 Å². The van der Waals surface area contributed by atoms with Crippen molar-refractivity contribution in [2.24, 2.45) is 0 Å². The van der Waals surface area contributed by atoms with Crippen molar-refractivity contribution in [1.29, 1.82) is 0 Å². The molecule has 0 fully saturated rings. The molecule has 0 saturated heterocycles. The summed E-state index contributed by atoms with van der Waals surface area (Å²) in [4.78, 5) is 2.16. The molecule has 0 aliphatic carbocycles. The van der Waals surface area contributed by atoms with Crippen LogP contribution in [0.4, 0.5) is 0 Å². The minimum atomic E-state index is -0.685. The first-order valence-electron chi connectivity index (χ1n) is 6.04. The molecule has 2 N–H and O–H groups in total. The van der Waals surface area contributed by atoms with Crippen LogP contribution < -0.4 is 5.32 Å². The second kappa shape index (κ2) is 6.50. The van der Waals surface area contributed by atoms with Crippen LogP contribution >= 0.6 is 11.3 Å². The van der Waals surface area contributed by atoms with Gasteiger partial charge in [0.15, 0.2) is 0 Å². The Balaban J connectivity index is 2.35. The van der Waals surface area contributed by atoms with E-state index in [4.69, 9.17) is 0 Å². The van der Waals surface area contributed by atoms with E-state index < -0.39 is 5.60 Å². The Hall–Kier alpha value is -0.420. The standard InChI is InChI=1S/C13H24N2OS/c1-11(2)14-9-13(3,16)10-15(4)7-12-5-6-17-8-12/h5-6,8,11,14,16H,7,9-10H2,1-4H3. The van der Waals surface area contributed by atoms with Crippen LogP contribution in [0.1, 0.15) is 26.3 Å². The number of likely N-dealkylation sites (N-methyl/N-ethyl adjacent to an activating group) is 1. The third-order valence-corrected chi connectivity index (χ3v) is 3.27. The molecule has 1 heterocycles. The van der Waals surface area contributed by atoms with E-state index in [1.807, 2.05) is 14.0 Å². The molecule has 0 saturated carbocycles. The predicted molar refractivity (Wildman–Crippen MR) is 74.4 cm³/mol. The van der Waals surface area contributed by atoms with Gasteiger partial charge in [-0.25, -0.2) is 0 Å². The summed E-state index contributed by atoms with van der Waals surface area (Å²) in [6.07, 6.45) is 0. The van der Waals surface area contributed by atoms with Gasteiger partial charge in [0, 0.05) is 25.7 Å². The van der Waals surface area contributed by atoms with Crippen molar-refractivity contribution >= 4 is 11.3 Å². The van der Waals surface area contributed by atoms with Crippen molar-refractivity contribution < 1.29 is 5.11 Å². The van der Waals surface area contributed by atoms with E-state index in [-0.39, 0.29) is 0 Å². The summed E-state index contributed by atoms with van der Waals surface area (Å²) in [6.45, 7) is 8.24. The molecule has 0 amide bonds. The van der Waals surface area contributed by atoms with Crippen molar-refractivity contribution in [3.63, 3.8) is 0 Å². The summed E-state index contributed by atoms with van der Waals surface area (Å²) in [5, 5.41) is 17.8. The molecule has 4 heteroatoms. The average Bonchev–Trinajstić information content (AvgIpc) is 2.66. The molecule has 0 spiro atoms. The second-order valence-corrected chi connectivity index (χ2v) is 6.12. The normalized spacial score (nSPS) is 15.5. The zero-order valence-electron chi connectivity index (χ0n) is 11.2. The quantitative estimate of drug-likeness (QED) is 0.782. The van der Waals surface area contributed by atoms with Gasteiger partial charge in [0.1, 0.15) is 0 Å². The lowest BCUT2D eigenvalue weighted by Gasteiger charge is -2.30. The Kier molecular flexibility index (Phi) is 5.59. The molecule has 1 unspecified atom stereocenters. The van der Waals surface area contributed by atoms with Gasteiger partial charge in [-0.2, -0.15) is 11.3 Å². The van der Waals surface area contributed by atoms with Gasteiger partial charge < -0.3 is 10.4 Å². The first kappa shape index (κ1) is 14.6. The first-order chi connectivity index (χ1) is 7.89. The number of hydrogen-bond acceptors (Lipinski definition) is 4. The molecule has 1 rings (SSSR count). The van der Waals surface area contributed by atoms with Gasteiger partial charge in [-0.3, -0.25) is 4.90 Å². The third-order valence-electron chi connectivity index (χ3n) is 2.53. The maximum Gasteiger partial charge on any atom is 0.0869 e. The first-order valence-corrected chi connectivity index (χ1v) is 6.99. The van der Waals surface area contributed by atoms with E-state index >= 15 is 0 Å². The molecule has 0 aromatic carbocycles. The zero-order valence-corrected chi connectivity index (χ0v) is 12.0. The smallest absolute Gasteiger partial charge is 0.0869 e. The van der Waals surface area contributed by atoms with Gasteiger partial charge >= 0.3 is 0 Å². The monoisotopic (exact) mass is 256 g/mol. The number of nitrogens with one attached hydrogen (secondary N) is 1. The molecule has 1 atom stereocenters. The largest absolute Gasteiger partial charge is 0.388 e. The number of hydrogen-bond donors (Lipinski definition) is 2. The Bertz CT molecular complexity index is 309. The molecular formula is C13H24N2OS. The van der Waals surface area contributed by atoms with Crippen molar-refractivity contribution in [1.82, 2.24) is 10.2 Å². The molecule has 98 valence electrons. The summed E-state index contributed by atoms with van der Waals surface area (Å²) in [5.41, 5.74) is 0.625. The Morgan fingerprint density at radius 1 is 1.53 bits per heavy atom. The number of aliphatic hydroxyl groups is 1. The van der Waals surface area contributed by atoms with Crippen molar-refractivity contribution in [3.8, 4) is 0 Å². The van der Waals surface area contributed by atoms with Gasteiger partial charge in [-0.1, -0.05) is 13.8 Å². The fraction of sp³-hybridized carbons (Fsp3) is 0.692. The Morgan fingerprint density at radius 3 is 2.76 bits per heavy atom. The van der Waals surface area contributed by atoms with E-state index in [2.05, 4.69) is 40.9 Å². The van der Waals surface area contributed by atoms with Crippen LogP contribution in [-0.2, 0) is 6.54 Å². The Morgan fingerprint density at radius 2 is 2.24 bits per heavy atom. The molecular weight excluding hydrogens is 232 g/mol. The topological polar surface area (TPSA) is 35.5 Å². The van der Waals surface area contributed by atoms with Crippen molar-refractivity contribution in [3.05, 3.63) is 22.4 Å². The maximum atomic E-state index is 10.3. The van der Waals surface area contributed by atoms with Crippen LogP contribution in [0.3, 0.4) is 0 Å². The van der Waals surface area contributed by atoms with E-state index in [0.717, 1.165) is 6.54 Å². The SMILES string of the molecule is CC(C)NCC(C)(O)CN(C)Cc1ccsc1. The highest BCUT2D eigenvalue weighted by atomic mass is 32.1. The molecule has 0 aliphatic heterocycles. The minimum absolute atomic E-state index is 0.406. The second-order valence-electron chi connectivity index (χ2n) is 5.34. The molecule has 0 aliphatic rings. The summed E-state index contributed by atoms with van der Waals surface area (Å²) in [7, 11) is 2.04. The van der Waals surface area contributed by atoms with E-state index in [9.17, 15) is 5.11 Å². The number of thiophene rings is 1. The van der Waals surface area contributed by atoms with Gasteiger partial charge in [0.25, 0.3) is 0 Å². The lowest BCUT2D eigenvalue weighted by molar-refractivity contribution is 0.0240. The fourth-order valence-electron chi connectivity index (χ4n) is 1.81. The lowest BCUT2D eigenvalue weighted by atomic mass is 10.1. The average molecular weight is 256 g/mol. The zero-order chi connectivity index (χ0) is 12.9. The maximum absolute atomic E-state index is 10.3. The minimum Gasteiger partial charge on any atom is -0.388 e. The van der Waals surface area contributed by atoms with Crippen LogP contribution in [0.15, 0.2) is 16.8 Å². The summed E-state index contributed by atoms with van der Waals surface area (Å²) in [6, 6.07) is 2.53. The summed E-state index contributed by atoms with van der Waals surface area (Å²) in [5.74, 6) is 0. The van der Waals surface area contributed by atoms with Crippen LogP contribution in [0.5, 0.6) is 0 Å². The van der Waals surface area contributed by atoms with Gasteiger partial charge in [-0.05, 0) is 36.4 Å². The van der Waals surface area contributed by atoms with Crippen LogP contribution in [0.25, 0.3) is 0 Å². The highest BCUT2D eigenvalue weighted by Crippen LogP contribution is 2.11. The molecule has 1 aromatic heterocycles. The summed E-state index contributed by atoms with van der Waals surface area (Å²) >= 11 is 1.71.